The molecule has 1 saturated heterocycles. The van der Waals surface area contributed by atoms with Crippen LogP contribution in [0.3, 0.4) is 0 Å². The van der Waals surface area contributed by atoms with Crippen LogP contribution in [0.4, 0.5) is 0 Å². The van der Waals surface area contributed by atoms with Crippen molar-refractivity contribution in [3.05, 3.63) is 54.2 Å². The topological polar surface area (TPSA) is 82.0 Å². The van der Waals surface area contributed by atoms with Crippen molar-refractivity contribution >= 4 is 11.0 Å². The van der Waals surface area contributed by atoms with Gasteiger partial charge >= 0.3 is 0 Å². The molecule has 0 spiro atoms. The van der Waals surface area contributed by atoms with E-state index in [0.717, 1.165) is 46.8 Å². The van der Waals surface area contributed by atoms with Gasteiger partial charge in [0.2, 0.25) is 0 Å². The molecule has 0 saturated carbocycles. The quantitative estimate of drug-likeness (QED) is 0.589. The minimum atomic E-state index is -0.571. The number of likely N-dealkylation sites (N-methyl/N-ethyl adjacent to an activating group) is 1. The SMILES string of the molecule is CCOc1ccccc1-c1nc2ccccc2nc1CN1CCN(C)CC(CO)(CO)C1. The van der Waals surface area contributed by atoms with Gasteiger partial charge in [-0.15, -0.1) is 0 Å². The van der Waals surface area contributed by atoms with Gasteiger partial charge in [0.15, 0.2) is 0 Å². The number of nitrogens with zero attached hydrogens (tertiary/aromatic N) is 4. The van der Waals surface area contributed by atoms with E-state index in [9.17, 15) is 10.2 Å². The molecule has 1 fully saturated rings. The summed E-state index contributed by atoms with van der Waals surface area (Å²) in [4.78, 5) is 14.4. The Hall–Kier alpha value is -2.58. The molecule has 0 amide bonds. The zero-order chi connectivity index (χ0) is 22.6. The van der Waals surface area contributed by atoms with Crippen molar-refractivity contribution in [1.29, 1.82) is 0 Å². The Labute approximate surface area is 189 Å². The van der Waals surface area contributed by atoms with Gasteiger partial charge in [0.1, 0.15) is 5.75 Å². The summed E-state index contributed by atoms with van der Waals surface area (Å²) in [6, 6.07) is 15.8. The summed E-state index contributed by atoms with van der Waals surface area (Å²) in [6.45, 7) is 5.91. The molecule has 7 nitrogen and oxygen atoms in total. The third-order valence-electron chi connectivity index (χ3n) is 6.09. The molecule has 1 aliphatic heterocycles. The minimum absolute atomic E-state index is 0.0617. The average Bonchev–Trinajstić information content (AvgIpc) is 2.98. The fourth-order valence-corrected chi connectivity index (χ4v) is 4.47. The van der Waals surface area contributed by atoms with Crippen molar-refractivity contribution in [1.82, 2.24) is 19.8 Å². The van der Waals surface area contributed by atoms with Crippen LogP contribution in [-0.4, -0.2) is 83.0 Å². The first-order chi connectivity index (χ1) is 15.6. The average molecular weight is 437 g/mol. The van der Waals surface area contributed by atoms with Gasteiger partial charge in [-0.1, -0.05) is 24.3 Å². The molecule has 1 aliphatic rings. The summed E-state index contributed by atoms with van der Waals surface area (Å²) in [5, 5.41) is 20.2. The number of hydrogen-bond donors (Lipinski definition) is 2. The highest BCUT2D eigenvalue weighted by Gasteiger charge is 2.35. The predicted molar refractivity (Wildman–Crippen MR) is 126 cm³/mol. The highest BCUT2D eigenvalue weighted by molar-refractivity contribution is 5.80. The fourth-order valence-electron chi connectivity index (χ4n) is 4.47. The van der Waals surface area contributed by atoms with Crippen LogP contribution in [-0.2, 0) is 6.54 Å². The smallest absolute Gasteiger partial charge is 0.128 e. The summed E-state index contributed by atoms with van der Waals surface area (Å²) in [6.07, 6.45) is 0. The Morgan fingerprint density at radius 3 is 2.34 bits per heavy atom. The predicted octanol–water partition coefficient (Wildman–Crippen LogP) is 2.41. The van der Waals surface area contributed by atoms with E-state index in [1.165, 1.54) is 0 Å². The number of para-hydroxylation sites is 3. The van der Waals surface area contributed by atoms with Crippen molar-refractivity contribution in [2.75, 3.05) is 53.0 Å². The van der Waals surface area contributed by atoms with Gasteiger partial charge in [-0.3, -0.25) is 4.90 Å². The summed E-state index contributed by atoms with van der Waals surface area (Å²) in [5.74, 6) is 0.788. The molecule has 0 bridgehead atoms. The maximum absolute atomic E-state index is 10.1. The molecule has 170 valence electrons. The van der Waals surface area contributed by atoms with Crippen LogP contribution in [0.15, 0.2) is 48.5 Å². The largest absolute Gasteiger partial charge is 0.493 e. The van der Waals surface area contributed by atoms with E-state index in [1.807, 2.05) is 62.5 Å². The number of benzene rings is 2. The molecule has 2 N–H and O–H groups in total. The second-order valence-electron chi connectivity index (χ2n) is 8.70. The van der Waals surface area contributed by atoms with E-state index in [4.69, 9.17) is 14.7 Å². The van der Waals surface area contributed by atoms with Crippen LogP contribution >= 0.6 is 0 Å². The van der Waals surface area contributed by atoms with E-state index in [1.54, 1.807) is 0 Å². The van der Waals surface area contributed by atoms with Crippen molar-refractivity contribution in [3.63, 3.8) is 0 Å². The Morgan fingerprint density at radius 1 is 0.938 bits per heavy atom. The fraction of sp³-hybridized carbons (Fsp3) is 0.440. The van der Waals surface area contributed by atoms with Gasteiger partial charge in [-0.05, 0) is 38.2 Å². The molecular weight excluding hydrogens is 404 g/mol. The number of fused-ring (bicyclic) bond motifs is 1. The standard InChI is InChI=1S/C25H32N4O3/c1-3-32-23-11-7-4-8-19(23)24-22(26-20-9-5-6-10-21(20)27-24)14-29-13-12-28(2)15-25(16-29,17-30)18-31/h4-11,30-31H,3,12-18H2,1-2H3. The highest BCUT2D eigenvalue weighted by Crippen LogP contribution is 2.33. The number of hydrogen-bond acceptors (Lipinski definition) is 7. The molecule has 1 aromatic heterocycles. The lowest BCUT2D eigenvalue weighted by molar-refractivity contribution is 0.0180. The second kappa shape index (κ2) is 9.92. The zero-order valence-electron chi connectivity index (χ0n) is 18.9. The minimum Gasteiger partial charge on any atom is -0.493 e. The number of aliphatic hydroxyl groups excluding tert-OH is 2. The van der Waals surface area contributed by atoms with Gasteiger partial charge in [0.05, 0.1) is 42.2 Å². The maximum Gasteiger partial charge on any atom is 0.128 e. The highest BCUT2D eigenvalue weighted by atomic mass is 16.5. The number of rotatable bonds is 7. The van der Waals surface area contributed by atoms with Gasteiger partial charge in [0, 0.05) is 43.7 Å². The molecular formula is C25H32N4O3. The van der Waals surface area contributed by atoms with Crippen LogP contribution in [0.5, 0.6) is 5.75 Å². The van der Waals surface area contributed by atoms with Crippen LogP contribution in [0.25, 0.3) is 22.3 Å². The van der Waals surface area contributed by atoms with E-state index in [-0.39, 0.29) is 13.2 Å². The third kappa shape index (κ3) is 4.76. The molecule has 2 heterocycles. The van der Waals surface area contributed by atoms with Gasteiger partial charge in [-0.25, -0.2) is 9.97 Å². The monoisotopic (exact) mass is 436 g/mol. The lowest BCUT2D eigenvalue weighted by Gasteiger charge is -2.34. The molecule has 4 rings (SSSR count). The van der Waals surface area contributed by atoms with Crippen LogP contribution in [0.2, 0.25) is 0 Å². The first-order valence-electron chi connectivity index (χ1n) is 11.2. The lowest BCUT2D eigenvalue weighted by atomic mass is 9.89. The van der Waals surface area contributed by atoms with E-state index in [2.05, 4.69) is 9.80 Å². The molecule has 0 aliphatic carbocycles. The number of ether oxygens (including phenoxy) is 1. The van der Waals surface area contributed by atoms with Crippen molar-refractivity contribution in [2.24, 2.45) is 5.41 Å². The zero-order valence-corrected chi connectivity index (χ0v) is 18.9. The van der Waals surface area contributed by atoms with Crippen LogP contribution in [0.1, 0.15) is 12.6 Å². The molecule has 0 unspecified atom stereocenters. The Kier molecular flexibility index (Phi) is 7.01. The molecule has 32 heavy (non-hydrogen) atoms. The second-order valence-corrected chi connectivity index (χ2v) is 8.70. The first kappa shape index (κ1) is 22.6. The normalized spacial score (nSPS) is 17.4. The summed E-state index contributed by atoms with van der Waals surface area (Å²) in [7, 11) is 2.03. The van der Waals surface area contributed by atoms with Crippen molar-refractivity contribution in [3.8, 4) is 17.0 Å². The first-order valence-corrected chi connectivity index (χ1v) is 11.2. The lowest BCUT2D eigenvalue weighted by Crippen LogP contribution is -2.45. The van der Waals surface area contributed by atoms with E-state index >= 15 is 0 Å². The molecule has 2 aromatic carbocycles. The third-order valence-corrected chi connectivity index (χ3v) is 6.09. The van der Waals surface area contributed by atoms with Crippen LogP contribution < -0.4 is 4.74 Å². The number of aromatic nitrogens is 2. The maximum atomic E-state index is 10.1. The Bertz CT molecular complexity index is 1050. The van der Waals surface area contributed by atoms with Crippen LogP contribution in [0, 0.1) is 5.41 Å². The summed E-state index contributed by atoms with van der Waals surface area (Å²) < 4.78 is 5.90. The molecule has 3 aromatic rings. The van der Waals surface area contributed by atoms with Gasteiger partial charge < -0.3 is 19.8 Å². The van der Waals surface area contributed by atoms with E-state index in [0.29, 0.717) is 26.2 Å². The van der Waals surface area contributed by atoms with Gasteiger partial charge in [0.25, 0.3) is 0 Å². The molecule has 0 atom stereocenters. The summed E-state index contributed by atoms with van der Waals surface area (Å²) >= 11 is 0. The molecule has 7 heteroatoms. The van der Waals surface area contributed by atoms with Crippen molar-refractivity contribution in [2.45, 2.75) is 13.5 Å². The Morgan fingerprint density at radius 2 is 1.62 bits per heavy atom. The summed E-state index contributed by atoms with van der Waals surface area (Å²) in [5.41, 5.74) is 3.72. The molecule has 0 radical (unpaired) electrons. The Balaban J connectivity index is 1.77. The van der Waals surface area contributed by atoms with Gasteiger partial charge in [-0.2, -0.15) is 0 Å². The van der Waals surface area contributed by atoms with Crippen molar-refractivity contribution < 1.29 is 14.9 Å². The number of aliphatic hydroxyl groups is 2. The van der Waals surface area contributed by atoms with E-state index < -0.39 is 5.41 Å².